The van der Waals surface area contributed by atoms with Gasteiger partial charge in [-0.05, 0) is 18.6 Å². The van der Waals surface area contributed by atoms with Crippen LogP contribution in [0.1, 0.15) is 35.9 Å². The van der Waals surface area contributed by atoms with Crippen molar-refractivity contribution in [3.63, 3.8) is 0 Å². The van der Waals surface area contributed by atoms with Gasteiger partial charge in [0.25, 0.3) is 0 Å². The molecular formula is C13H17NO2S. The number of hydrogen-bond donors (Lipinski definition) is 2. The summed E-state index contributed by atoms with van der Waals surface area (Å²) in [5, 5.41) is 11.5. The second kappa shape index (κ2) is 7.88. The fraction of sp³-hybridized carbons (Fsp3) is 0.462. The van der Waals surface area contributed by atoms with Gasteiger partial charge in [0.1, 0.15) is 0 Å². The van der Waals surface area contributed by atoms with Gasteiger partial charge in [-0.2, -0.15) is 0 Å². The monoisotopic (exact) mass is 251 g/mol. The average Bonchev–Trinajstić information content (AvgIpc) is 2.75. The number of carbonyl (C=O) groups is 1. The van der Waals surface area contributed by atoms with E-state index in [0.29, 0.717) is 19.4 Å². The van der Waals surface area contributed by atoms with Crippen LogP contribution < -0.4 is 5.32 Å². The highest BCUT2D eigenvalue weighted by Gasteiger charge is 2.01. The standard InChI is InChI=1S/C13H17NO2S/c1-2-5-13(16)14-10-12-8-7-11(17-12)6-3-4-9-15/h7-8,15H,2,4-5,9-10H2,1H3,(H,14,16). The lowest BCUT2D eigenvalue weighted by Crippen LogP contribution is -2.21. The van der Waals surface area contributed by atoms with Crippen molar-refractivity contribution in [1.29, 1.82) is 0 Å². The van der Waals surface area contributed by atoms with Crippen LogP contribution >= 0.6 is 11.3 Å². The molecule has 0 aliphatic heterocycles. The van der Waals surface area contributed by atoms with Crippen LogP contribution in [0.3, 0.4) is 0 Å². The van der Waals surface area contributed by atoms with Crippen LogP contribution in [0.5, 0.6) is 0 Å². The summed E-state index contributed by atoms with van der Waals surface area (Å²) in [5.74, 6) is 5.94. The summed E-state index contributed by atoms with van der Waals surface area (Å²) in [6, 6.07) is 3.91. The molecule has 0 radical (unpaired) electrons. The Balaban J connectivity index is 2.41. The van der Waals surface area contributed by atoms with Crippen LogP contribution in [0, 0.1) is 11.8 Å². The highest BCUT2D eigenvalue weighted by molar-refractivity contribution is 7.12. The van der Waals surface area contributed by atoms with Crippen molar-refractivity contribution in [2.24, 2.45) is 0 Å². The smallest absolute Gasteiger partial charge is 0.220 e. The van der Waals surface area contributed by atoms with Gasteiger partial charge in [-0.1, -0.05) is 18.8 Å². The molecule has 0 atom stereocenters. The zero-order chi connectivity index (χ0) is 12.5. The van der Waals surface area contributed by atoms with Crippen molar-refractivity contribution >= 4 is 17.2 Å². The molecule has 1 rings (SSSR count). The number of thiophene rings is 1. The molecule has 0 spiro atoms. The third-order valence-electron chi connectivity index (χ3n) is 2.05. The fourth-order valence-electron chi connectivity index (χ4n) is 1.25. The molecule has 0 saturated heterocycles. The molecule has 92 valence electrons. The Hall–Kier alpha value is -1.31. The molecule has 4 heteroatoms. The van der Waals surface area contributed by atoms with Gasteiger partial charge in [0.2, 0.25) is 5.91 Å². The number of amides is 1. The first kappa shape index (κ1) is 13.8. The summed E-state index contributed by atoms with van der Waals surface area (Å²) in [6.07, 6.45) is 1.95. The highest BCUT2D eigenvalue weighted by atomic mass is 32.1. The van der Waals surface area contributed by atoms with E-state index < -0.39 is 0 Å². The van der Waals surface area contributed by atoms with E-state index in [1.165, 1.54) is 0 Å². The molecule has 3 nitrogen and oxygen atoms in total. The van der Waals surface area contributed by atoms with Crippen LogP contribution in [-0.4, -0.2) is 17.6 Å². The maximum Gasteiger partial charge on any atom is 0.220 e. The number of rotatable bonds is 5. The first-order valence-electron chi connectivity index (χ1n) is 5.71. The molecule has 0 aromatic carbocycles. The van der Waals surface area contributed by atoms with E-state index >= 15 is 0 Å². The van der Waals surface area contributed by atoms with Crippen molar-refractivity contribution in [1.82, 2.24) is 5.32 Å². The van der Waals surface area contributed by atoms with Crippen molar-refractivity contribution < 1.29 is 9.90 Å². The third kappa shape index (κ3) is 5.53. The Bertz CT molecular complexity index is 415. The molecule has 0 aliphatic rings. The fourth-order valence-corrected chi connectivity index (χ4v) is 2.07. The number of aliphatic hydroxyl groups excluding tert-OH is 1. The molecule has 0 fully saturated rings. The molecule has 1 amide bonds. The highest BCUT2D eigenvalue weighted by Crippen LogP contribution is 2.15. The molecule has 1 aromatic heterocycles. The summed E-state index contributed by atoms with van der Waals surface area (Å²) in [4.78, 5) is 13.3. The van der Waals surface area contributed by atoms with E-state index in [-0.39, 0.29) is 12.5 Å². The second-order valence-electron chi connectivity index (χ2n) is 3.57. The van der Waals surface area contributed by atoms with Crippen molar-refractivity contribution in [2.45, 2.75) is 32.7 Å². The van der Waals surface area contributed by atoms with E-state index in [1.807, 2.05) is 19.1 Å². The minimum atomic E-state index is 0.0915. The Labute approximate surface area is 106 Å². The lowest BCUT2D eigenvalue weighted by molar-refractivity contribution is -0.121. The normalized spacial score (nSPS) is 9.53. The molecule has 0 saturated carbocycles. The average molecular weight is 251 g/mol. The van der Waals surface area contributed by atoms with Gasteiger partial charge in [0.15, 0.2) is 0 Å². The van der Waals surface area contributed by atoms with Gasteiger partial charge in [-0.15, -0.1) is 11.3 Å². The van der Waals surface area contributed by atoms with Crippen LogP contribution in [0.2, 0.25) is 0 Å². The number of aliphatic hydroxyl groups is 1. The minimum absolute atomic E-state index is 0.0915. The molecular weight excluding hydrogens is 234 g/mol. The first-order chi connectivity index (χ1) is 8.26. The van der Waals surface area contributed by atoms with Gasteiger partial charge >= 0.3 is 0 Å². The number of nitrogens with one attached hydrogen (secondary N) is 1. The number of hydrogen-bond acceptors (Lipinski definition) is 3. The van der Waals surface area contributed by atoms with E-state index in [2.05, 4.69) is 17.2 Å². The van der Waals surface area contributed by atoms with Gasteiger partial charge < -0.3 is 10.4 Å². The predicted octanol–water partition coefficient (Wildman–Crippen LogP) is 1.90. The van der Waals surface area contributed by atoms with E-state index in [9.17, 15) is 4.79 Å². The van der Waals surface area contributed by atoms with Gasteiger partial charge in [-0.25, -0.2) is 0 Å². The first-order valence-corrected chi connectivity index (χ1v) is 6.53. The zero-order valence-corrected chi connectivity index (χ0v) is 10.8. The van der Waals surface area contributed by atoms with Gasteiger partial charge in [-0.3, -0.25) is 4.79 Å². The lowest BCUT2D eigenvalue weighted by Gasteiger charge is -2.00. The van der Waals surface area contributed by atoms with Gasteiger partial charge in [0.05, 0.1) is 18.0 Å². The predicted molar refractivity (Wildman–Crippen MR) is 69.7 cm³/mol. The van der Waals surface area contributed by atoms with Crippen LogP contribution in [0.25, 0.3) is 0 Å². The lowest BCUT2D eigenvalue weighted by atomic mass is 10.3. The third-order valence-corrected chi connectivity index (χ3v) is 3.05. The maximum absolute atomic E-state index is 11.3. The summed E-state index contributed by atoms with van der Waals surface area (Å²) in [7, 11) is 0. The quantitative estimate of drug-likeness (QED) is 0.785. The summed E-state index contributed by atoms with van der Waals surface area (Å²) < 4.78 is 0. The molecule has 17 heavy (non-hydrogen) atoms. The molecule has 0 bridgehead atoms. The molecule has 0 unspecified atom stereocenters. The topological polar surface area (TPSA) is 49.3 Å². The largest absolute Gasteiger partial charge is 0.395 e. The maximum atomic E-state index is 11.3. The summed E-state index contributed by atoms with van der Waals surface area (Å²) >= 11 is 1.57. The van der Waals surface area contributed by atoms with E-state index in [1.54, 1.807) is 11.3 Å². The molecule has 2 N–H and O–H groups in total. The zero-order valence-electron chi connectivity index (χ0n) is 9.95. The van der Waals surface area contributed by atoms with Gasteiger partial charge in [0, 0.05) is 17.7 Å². The Kier molecular flexibility index (Phi) is 6.38. The summed E-state index contributed by atoms with van der Waals surface area (Å²) in [5.41, 5.74) is 0. The molecule has 0 aliphatic carbocycles. The Morgan fingerprint density at radius 1 is 1.53 bits per heavy atom. The molecule has 1 heterocycles. The van der Waals surface area contributed by atoms with Crippen molar-refractivity contribution in [3.05, 3.63) is 21.9 Å². The molecule has 1 aromatic rings. The Morgan fingerprint density at radius 3 is 3.06 bits per heavy atom. The van der Waals surface area contributed by atoms with E-state index in [0.717, 1.165) is 16.2 Å². The SMILES string of the molecule is CCCC(=O)NCc1ccc(C#CCCO)s1. The van der Waals surface area contributed by atoms with E-state index in [4.69, 9.17) is 5.11 Å². The van der Waals surface area contributed by atoms with Crippen molar-refractivity contribution in [2.75, 3.05) is 6.61 Å². The minimum Gasteiger partial charge on any atom is -0.395 e. The van der Waals surface area contributed by atoms with Crippen LogP contribution in [0.15, 0.2) is 12.1 Å². The summed E-state index contributed by atoms with van der Waals surface area (Å²) in [6.45, 7) is 2.66. The Morgan fingerprint density at radius 2 is 2.35 bits per heavy atom. The second-order valence-corrected chi connectivity index (χ2v) is 4.74. The van der Waals surface area contributed by atoms with Crippen LogP contribution in [-0.2, 0) is 11.3 Å². The van der Waals surface area contributed by atoms with Crippen LogP contribution in [0.4, 0.5) is 0 Å². The number of carbonyl (C=O) groups excluding carboxylic acids is 1. The van der Waals surface area contributed by atoms with Crippen molar-refractivity contribution in [3.8, 4) is 11.8 Å².